The van der Waals surface area contributed by atoms with E-state index in [0.29, 0.717) is 6.04 Å². The topological polar surface area (TPSA) is 29.3 Å². The lowest BCUT2D eigenvalue weighted by Crippen LogP contribution is -2.42. The third-order valence-corrected chi connectivity index (χ3v) is 4.52. The molecule has 0 aromatic carbocycles. The molecule has 0 aromatic rings. The van der Waals surface area contributed by atoms with Crippen molar-refractivity contribution in [3.05, 3.63) is 0 Å². The van der Waals surface area contributed by atoms with E-state index in [0.717, 1.165) is 24.9 Å². The smallest absolute Gasteiger partial charge is 0.0104 e. The van der Waals surface area contributed by atoms with Crippen LogP contribution in [0.2, 0.25) is 0 Å². The van der Waals surface area contributed by atoms with Crippen molar-refractivity contribution in [3.63, 3.8) is 0 Å². The molecule has 2 heteroatoms. The van der Waals surface area contributed by atoms with Crippen LogP contribution in [0.4, 0.5) is 0 Å². The SMILES string of the molecule is CCC1CCC(N(C)C(CC)CCN)CC1. The minimum Gasteiger partial charge on any atom is -0.330 e. The Labute approximate surface area is 102 Å². The zero-order chi connectivity index (χ0) is 12.0. The van der Waals surface area contributed by atoms with Gasteiger partial charge in [0.05, 0.1) is 0 Å². The van der Waals surface area contributed by atoms with Gasteiger partial charge in [0, 0.05) is 12.1 Å². The first kappa shape index (κ1) is 14.0. The highest BCUT2D eigenvalue weighted by atomic mass is 15.2. The zero-order valence-electron chi connectivity index (χ0n) is 11.4. The zero-order valence-corrected chi connectivity index (χ0v) is 11.4. The van der Waals surface area contributed by atoms with Crippen molar-refractivity contribution in [2.24, 2.45) is 11.7 Å². The van der Waals surface area contributed by atoms with Gasteiger partial charge in [-0.05, 0) is 58.0 Å². The van der Waals surface area contributed by atoms with Gasteiger partial charge in [-0.25, -0.2) is 0 Å². The van der Waals surface area contributed by atoms with Gasteiger partial charge in [-0.1, -0.05) is 20.3 Å². The molecule has 2 N–H and O–H groups in total. The van der Waals surface area contributed by atoms with E-state index < -0.39 is 0 Å². The van der Waals surface area contributed by atoms with Crippen molar-refractivity contribution in [2.45, 2.75) is 70.9 Å². The minimum atomic E-state index is 0.702. The summed E-state index contributed by atoms with van der Waals surface area (Å²) in [7, 11) is 2.31. The second-order valence-electron chi connectivity index (χ2n) is 5.39. The average Bonchev–Trinajstić information content (AvgIpc) is 2.35. The summed E-state index contributed by atoms with van der Waals surface area (Å²) in [5, 5.41) is 0. The van der Waals surface area contributed by atoms with Crippen LogP contribution >= 0.6 is 0 Å². The molecule has 0 bridgehead atoms. The van der Waals surface area contributed by atoms with Crippen molar-refractivity contribution in [2.75, 3.05) is 13.6 Å². The van der Waals surface area contributed by atoms with Crippen molar-refractivity contribution in [1.82, 2.24) is 4.90 Å². The van der Waals surface area contributed by atoms with E-state index in [1.807, 2.05) is 0 Å². The number of nitrogens with two attached hydrogens (primary N) is 1. The number of nitrogens with zero attached hydrogens (tertiary/aromatic N) is 1. The van der Waals surface area contributed by atoms with Crippen LogP contribution in [0.5, 0.6) is 0 Å². The molecule has 0 amide bonds. The molecule has 16 heavy (non-hydrogen) atoms. The maximum atomic E-state index is 5.69. The Bertz CT molecular complexity index is 174. The van der Waals surface area contributed by atoms with Gasteiger partial charge in [0.25, 0.3) is 0 Å². The first-order valence-corrected chi connectivity index (χ1v) is 7.14. The standard InChI is InChI=1S/C14H30N2/c1-4-12-6-8-14(9-7-12)16(3)13(5-2)10-11-15/h12-14H,4-11,15H2,1-3H3. The van der Waals surface area contributed by atoms with Crippen molar-refractivity contribution in [3.8, 4) is 0 Å². The number of rotatable bonds is 6. The van der Waals surface area contributed by atoms with Crippen LogP contribution in [0.15, 0.2) is 0 Å². The summed E-state index contributed by atoms with van der Waals surface area (Å²) in [6, 6.07) is 1.52. The van der Waals surface area contributed by atoms with Gasteiger partial charge in [0.1, 0.15) is 0 Å². The second kappa shape index (κ2) is 7.29. The third-order valence-electron chi connectivity index (χ3n) is 4.52. The van der Waals surface area contributed by atoms with E-state index >= 15 is 0 Å². The summed E-state index contributed by atoms with van der Waals surface area (Å²) in [4.78, 5) is 2.61. The van der Waals surface area contributed by atoms with Crippen LogP contribution in [0.1, 0.15) is 58.8 Å². The third kappa shape index (κ3) is 3.74. The Hall–Kier alpha value is -0.0800. The molecule has 0 heterocycles. The molecule has 1 aliphatic rings. The first-order chi connectivity index (χ1) is 7.72. The Balaban J connectivity index is 2.39. The summed E-state index contributed by atoms with van der Waals surface area (Å²) in [6.45, 7) is 5.44. The molecule has 0 saturated heterocycles. The monoisotopic (exact) mass is 226 g/mol. The lowest BCUT2D eigenvalue weighted by atomic mass is 9.83. The molecule has 1 saturated carbocycles. The van der Waals surface area contributed by atoms with E-state index in [1.165, 1.54) is 38.5 Å². The molecule has 96 valence electrons. The fourth-order valence-corrected chi connectivity index (χ4v) is 3.15. The molecule has 2 nitrogen and oxygen atoms in total. The minimum absolute atomic E-state index is 0.702. The van der Waals surface area contributed by atoms with Crippen molar-refractivity contribution >= 4 is 0 Å². The second-order valence-corrected chi connectivity index (χ2v) is 5.39. The van der Waals surface area contributed by atoms with Gasteiger partial charge in [-0.2, -0.15) is 0 Å². The molecule has 1 fully saturated rings. The van der Waals surface area contributed by atoms with Crippen molar-refractivity contribution in [1.29, 1.82) is 0 Å². The molecule has 0 radical (unpaired) electrons. The average molecular weight is 226 g/mol. The van der Waals surface area contributed by atoms with Crippen LogP contribution in [0.3, 0.4) is 0 Å². The van der Waals surface area contributed by atoms with Gasteiger partial charge >= 0.3 is 0 Å². The molecular formula is C14H30N2. The number of hydrogen-bond acceptors (Lipinski definition) is 2. The quantitative estimate of drug-likeness (QED) is 0.754. The normalized spacial score (nSPS) is 28.3. The van der Waals surface area contributed by atoms with Crippen LogP contribution in [0.25, 0.3) is 0 Å². The predicted molar refractivity (Wildman–Crippen MR) is 71.6 cm³/mol. The molecule has 1 rings (SSSR count). The summed E-state index contributed by atoms with van der Waals surface area (Å²) >= 11 is 0. The van der Waals surface area contributed by atoms with E-state index in [1.54, 1.807) is 0 Å². The number of hydrogen-bond donors (Lipinski definition) is 1. The highest BCUT2D eigenvalue weighted by Crippen LogP contribution is 2.30. The molecule has 0 spiro atoms. The fourth-order valence-electron chi connectivity index (χ4n) is 3.15. The first-order valence-electron chi connectivity index (χ1n) is 7.14. The van der Waals surface area contributed by atoms with E-state index in [-0.39, 0.29) is 0 Å². The summed E-state index contributed by atoms with van der Waals surface area (Å²) in [6.07, 6.45) is 9.43. The van der Waals surface area contributed by atoms with Crippen LogP contribution in [-0.2, 0) is 0 Å². The Kier molecular flexibility index (Phi) is 6.37. The molecule has 1 aliphatic carbocycles. The Morgan fingerprint density at radius 3 is 2.25 bits per heavy atom. The highest BCUT2D eigenvalue weighted by Gasteiger charge is 2.26. The van der Waals surface area contributed by atoms with Crippen molar-refractivity contribution < 1.29 is 0 Å². The van der Waals surface area contributed by atoms with Gasteiger partial charge in [-0.3, -0.25) is 0 Å². The summed E-state index contributed by atoms with van der Waals surface area (Å²) < 4.78 is 0. The molecule has 0 aliphatic heterocycles. The van der Waals surface area contributed by atoms with Crippen LogP contribution < -0.4 is 5.73 Å². The fraction of sp³-hybridized carbons (Fsp3) is 1.00. The maximum absolute atomic E-state index is 5.69. The highest BCUT2D eigenvalue weighted by molar-refractivity contribution is 4.81. The van der Waals surface area contributed by atoms with Gasteiger partial charge in [-0.15, -0.1) is 0 Å². The summed E-state index contributed by atoms with van der Waals surface area (Å²) in [5.74, 6) is 0.999. The molecule has 1 unspecified atom stereocenters. The van der Waals surface area contributed by atoms with E-state index in [9.17, 15) is 0 Å². The van der Waals surface area contributed by atoms with E-state index in [2.05, 4.69) is 25.8 Å². The Morgan fingerprint density at radius 2 is 1.81 bits per heavy atom. The molecule has 1 atom stereocenters. The molecule has 0 aromatic heterocycles. The van der Waals surface area contributed by atoms with Gasteiger partial charge in [0.2, 0.25) is 0 Å². The van der Waals surface area contributed by atoms with E-state index in [4.69, 9.17) is 5.73 Å². The summed E-state index contributed by atoms with van der Waals surface area (Å²) in [5.41, 5.74) is 5.69. The Morgan fingerprint density at radius 1 is 1.19 bits per heavy atom. The lowest BCUT2D eigenvalue weighted by Gasteiger charge is -2.38. The van der Waals surface area contributed by atoms with Gasteiger partial charge in [0.15, 0.2) is 0 Å². The maximum Gasteiger partial charge on any atom is 0.0104 e. The van der Waals surface area contributed by atoms with Gasteiger partial charge < -0.3 is 10.6 Å². The van der Waals surface area contributed by atoms with Crippen LogP contribution in [0, 0.1) is 5.92 Å². The predicted octanol–water partition coefficient (Wildman–Crippen LogP) is 3.01. The molecular weight excluding hydrogens is 196 g/mol. The largest absolute Gasteiger partial charge is 0.330 e. The van der Waals surface area contributed by atoms with Crippen LogP contribution in [-0.4, -0.2) is 30.6 Å². The lowest BCUT2D eigenvalue weighted by molar-refractivity contribution is 0.112.